The molecule has 3 heterocycles. The minimum atomic E-state index is 0.942. The Labute approximate surface area is 215 Å². The summed E-state index contributed by atoms with van der Waals surface area (Å²) in [4.78, 5) is 10.8. The van der Waals surface area contributed by atoms with E-state index in [-0.39, 0.29) is 0 Å². The van der Waals surface area contributed by atoms with Gasteiger partial charge in [0.1, 0.15) is 10.3 Å². The summed E-state index contributed by atoms with van der Waals surface area (Å²) in [6.07, 6.45) is 0. The van der Waals surface area contributed by atoms with Gasteiger partial charge >= 0.3 is 0 Å². The van der Waals surface area contributed by atoms with Crippen molar-refractivity contribution in [3.63, 3.8) is 0 Å². The molecule has 36 heavy (non-hydrogen) atoms. The summed E-state index contributed by atoms with van der Waals surface area (Å²) in [6.45, 7) is 0. The number of nitrogens with zero attached hydrogens (tertiary/aromatic N) is 2. The van der Waals surface area contributed by atoms with Gasteiger partial charge in [0.2, 0.25) is 0 Å². The number of hydrogen-bond donors (Lipinski definition) is 0. The van der Waals surface area contributed by atoms with E-state index in [1.165, 1.54) is 52.5 Å². The Hall–Kier alpha value is -4.12. The van der Waals surface area contributed by atoms with Crippen molar-refractivity contribution in [3.05, 3.63) is 109 Å². The lowest BCUT2D eigenvalue weighted by molar-refractivity contribution is 1.43. The number of thiophene rings is 2. The predicted molar refractivity (Wildman–Crippen MR) is 156 cm³/mol. The van der Waals surface area contributed by atoms with Gasteiger partial charge in [0.15, 0.2) is 0 Å². The van der Waals surface area contributed by atoms with Crippen LogP contribution in [0.1, 0.15) is 0 Å². The highest BCUT2D eigenvalue weighted by atomic mass is 32.1. The highest BCUT2D eigenvalue weighted by molar-refractivity contribution is 7.26. The molecule has 0 bridgehead atoms. The lowest BCUT2D eigenvalue weighted by atomic mass is 9.97. The monoisotopic (exact) mass is 494 g/mol. The second-order valence-electron chi connectivity index (χ2n) is 9.04. The summed E-state index contributed by atoms with van der Waals surface area (Å²) in [7, 11) is 0. The van der Waals surface area contributed by atoms with Crippen LogP contribution in [0.3, 0.4) is 0 Å². The Balaban J connectivity index is 1.28. The van der Waals surface area contributed by atoms with Gasteiger partial charge in [-0.15, -0.1) is 22.7 Å². The fourth-order valence-corrected chi connectivity index (χ4v) is 7.46. The third-order valence-corrected chi connectivity index (χ3v) is 9.15. The zero-order valence-corrected chi connectivity index (χ0v) is 20.7. The molecule has 168 valence electrons. The SMILES string of the molecule is c1cc(-c2ccc3c(c2)sc2nc4ccccc4nc23)cc(-c2cccc3c2sc2ccccc23)c1. The van der Waals surface area contributed by atoms with Crippen molar-refractivity contribution >= 4 is 74.3 Å². The molecule has 0 radical (unpaired) electrons. The zero-order valence-electron chi connectivity index (χ0n) is 19.1. The second-order valence-corrected chi connectivity index (χ2v) is 11.1. The Morgan fingerprint density at radius 1 is 0.472 bits per heavy atom. The third kappa shape index (κ3) is 3.02. The molecule has 0 unspecified atom stereocenters. The first-order valence-electron chi connectivity index (χ1n) is 11.9. The van der Waals surface area contributed by atoms with E-state index in [1.807, 2.05) is 35.6 Å². The molecular formula is C32H18N2S2. The quantitative estimate of drug-likeness (QED) is 0.239. The fraction of sp³-hybridized carbons (Fsp3) is 0. The van der Waals surface area contributed by atoms with Crippen molar-refractivity contribution in [3.8, 4) is 22.3 Å². The van der Waals surface area contributed by atoms with Gasteiger partial charge in [-0.05, 0) is 52.6 Å². The molecule has 5 aromatic carbocycles. The fourth-order valence-electron chi connectivity index (χ4n) is 5.16. The Morgan fingerprint density at radius 2 is 1.22 bits per heavy atom. The smallest absolute Gasteiger partial charge is 0.143 e. The predicted octanol–water partition coefficient (Wildman–Crippen LogP) is 9.70. The molecule has 0 saturated heterocycles. The number of aromatic nitrogens is 2. The molecule has 0 aliphatic carbocycles. The lowest BCUT2D eigenvalue weighted by Crippen LogP contribution is -1.83. The van der Waals surface area contributed by atoms with E-state index < -0.39 is 0 Å². The largest absolute Gasteiger partial charge is 0.243 e. The zero-order chi connectivity index (χ0) is 23.6. The van der Waals surface area contributed by atoms with Crippen LogP contribution in [-0.4, -0.2) is 9.97 Å². The van der Waals surface area contributed by atoms with Crippen molar-refractivity contribution in [2.24, 2.45) is 0 Å². The molecule has 0 saturated carbocycles. The minimum Gasteiger partial charge on any atom is -0.243 e. The van der Waals surface area contributed by atoms with E-state index in [0.29, 0.717) is 0 Å². The van der Waals surface area contributed by atoms with E-state index >= 15 is 0 Å². The Morgan fingerprint density at radius 3 is 2.17 bits per heavy atom. The molecule has 2 nitrogen and oxygen atoms in total. The summed E-state index contributed by atoms with van der Waals surface area (Å²) in [5.41, 5.74) is 7.84. The van der Waals surface area contributed by atoms with Crippen LogP contribution in [0, 0.1) is 0 Å². The summed E-state index contributed by atoms with van der Waals surface area (Å²) in [5, 5.41) is 3.83. The first-order valence-corrected chi connectivity index (χ1v) is 13.6. The van der Waals surface area contributed by atoms with Crippen LogP contribution >= 0.6 is 22.7 Å². The topological polar surface area (TPSA) is 25.8 Å². The van der Waals surface area contributed by atoms with Gasteiger partial charge in [0.25, 0.3) is 0 Å². The van der Waals surface area contributed by atoms with Gasteiger partial charge < -0.3 is 0 Å². The van der Waals surface area contributed by atoms with Crippen LogP contribution in [-0.2, 0) is 0 Å². The molecule has 0 aliphatic rings. The second kappa shape index (κ2) is 7.69. The van der Waals surface area contributed by atoms with E-state index in [0.717, 1.165) is 21.4 Å². The number of hydrogen-bond acceptors (Lipinski definition) is 4. The summed E-state index contributed by atoms with van der Waals surface area (Å²) in [5.74, 6) is 0. The molecule has 4 heteroatoms. The molecule has 0 aliphatic heterocycles. The normalized spacial score (nSPS) is 11.9. The number of fused-ring (bicyclic) bond motifs is 7. The first kappa shape index (κ1) is 20.1. The highest BCUT2D eigenvalue weighted by Gasteiger charge is 2.13. The lowest BCUT2D eigenvalue weighted by Gasteiger charge is -2.08. The maximum atomic E-state index is 4.92. The molecule has 0 N–H and O–H groups in total. The highest BCUT2D eigenvalue weighted by Crippen LogP contribution is 2.41. The molecule has 0 atom stereocenters. The van der Waals surface area contributed by atoms with Crippen LogP contribution in [0.5, 0.6) is 0 Å². The van der Waals surface area contributed by atoms with Crippen LogP contribution in [0.4, 0.5) is 0 Å². The molecule has 0 amide bonds. The van der Waals surface area contributed by atoms with Crippen LogP contribution < -0.4 is 0 Å². The summed E-state index contributed by atoms with van der Waals surface area (Å²) >= 11 is 3.60. The number of para-hydroxylation sites is 2. The average Bonchev–Trinajstić information content (AvgIpc) is 3.49. The van der Waals surface area contributed by atoms with Crippen molar-refractivity contribution in [2.75, 3.05) is 0 Å². The number of rotatable bonds is 2. The van der Waals surface area contributed by atoms with Crippen LogP contribution in [0.2, 0.25) is 0 Å². The van der Waals surface area contributed by atoms with E-state index in [4.69, 9.17) is 9.97 Å². The summed E-state index contributed by atoms with van der Waals surface area (Å²) in [6, 6.07) is 39.0. The minimum absolute atomic E-state index is 0.942. The van der Waals surface area contributed by atoms with Crippen LogP contribution in [0.25, 0.3) is 73.9 Å². The molecular weight excluding hydrogens is 477 g/mol. The van der Waals surface area contributed by atoms with Crippen molar-refractivity contribution in [1.29, 1.82) is 0 Å². The molecule has 8 aromatic rings. The Kier molecular flexibility index (Phi) is 4.30. The van der Waals surface area contributed by atoms with Gasteiger partial charge in [-0.25, -0.2) is 9.97 Å². The molecule has 0 fully saturated rings. The number of benzene rings is 5. The van der Waals surface area contributed by atoms with Gasteiger partial charge in [-0.3, -0.25) is 0 Å². The maximum Gasteiger partial charge on any atom is 0.143 e. The van der Waals surface area contributed by atoms with Crippen molar-refractivity contribution in [1.82, 2.24) is 9.97 Å². The maximum absolute atomic E-state index is 4.92. The van der Waals surface area contributed by atoms with Gasteiger partial charge in [0, 0.05) is 30.3 Å². The van der Waals surface area contributed by atoms with E-state index in [1.54, 1.807) is 11.3 Å². The van der Waals surface area contributed by atoms with Crippen molar-refractivity contribution in [2.45, 2.75) is 0 Å². The average molecular weight is 495 g/mol. The third-order valence-electron chi connectivity index (χ3n) is 6.89. The molecule has 0 spiro atoms. The molecule has 3 aromatic heterocycles. The van der Waals surface area contributed by atoms with Crippen molar-refractivity contribution < 1.29 is 0 Å². The summed E-state index contributed by atoms with van der Waals surface area (Å²) < 4.78 is 3.90. The standard InChI is InChI=1S/C32H18N2S2/c1-4-14-28-23(9-1)24-11-6-10-22(31(24)35-28)21-8-5-7-19(17-21)20-15-16-25-29(18-20)36-32-30(25)33-26-12-2-3-13-27(26)34-32/h1-18H. The van der Waals surface area contributed by atoms with E-state index in [2.05, 4.69) is 84.9 Å². The van der Waals surface area contributed by atoms with Gasteiger partial charge in [-0.1, -0.05) is 78.9 Å². The van der Waals surface area contributed by atoms with Gasteiger partial charge in [-0.2, -0.15) is 0 Å². The van der Waals surface area contributed by atoms with E-state index in [9.17, 15) is 0 Å². The molecule has 8 rings (SSSR count). The van der Waals surface area contributed by atoms with Gasteiger partial charge in [0.05, 0.1) is 11.0 Å². The van der Waals surface area contributed by atoms with Crippen LogP contribution in [0.15, 0.2) is 109 Å². The Bertz CT molecular complexity index is 2120. The first-order chi connectivity index (χ1) is 17.8.